The number of methoxy groups -OCH3 is 1. The molecule has 0 radical (unpaired) electrons. The largest absolute Gasteiger partial charge is 0.415 e. The van der Waals surface area contributed by atoms with Crippen LogP contribution in [0.25, 0.3) is 10.3 Å². The number of hydrogen-bond acceptors (Lipinski definition) is 7. The maximum absolute atomic E-state index is 12.7. The summed E-state index contributed by atoms with van der Waals surface area (Å²) in [6, 6.07) is 8.78. The Balaban J connectivity index is 1.44. The first-order chi connectivity index (χ1) is 14.1. The monoisotopic (exact) mass is 412 g/mol. The van der Waals surface area contributed by atoms with E-state index in [1.807, 2.05) is 18.2 Å². The van der Waals surface area contributed by atoms with E-state index >= 15 is 0 Å². The third kappa shape index (κ3) is 3.20. The lowest BCUT2D eigenvalue weighted by Gasteiger charge is -2.22. The average Bonchev–Trinajstić information content (AvgIpc) is 3.17. The van der Waals surface area contributed by atoms with Gasteiger partial charge in [0.1, 0.15) is 22.2 Å². The first-order valence-electron chi connectivity index (χ1n) is 9.59. The van der Waals surface area contributed by atoms with Gasteiger partial charge in [0.15, 0.2) is 10.3 Å². The molecule has 1 aromatic carbocycles. The van der Waals surface area contributed by atoms with Crippen LogP contribution in [0.15, 0.2) is 35.1 Å². The molecule has 0 spiro atoms. The van der Waals surface area contributed by atoms with Crippen LogP contribution in [0, 0.1) is 0 Å². The molecule has 2 aliphatic rings. The number of nitrogens with zero attached hydrogens (tertiary/aromatic N) is 3. The van der Waals surface area contributed by atoms with E-state index < -0.39 is 11.7 Å². The maximum atomic E-state index is 12.7. The molecule has 3 aromatic rings. The van der Waals surface area contributed by atoms with Crippen molar-refractivity contribution in [2.45, 2.75) is 37.3 Å². The van der Waals surface area contributed by atoms with E-state index in [0.29, 0.717) is 33.5 Å². The molecule has 0 unspecified atom stereocenters. The number of hydrogen-bond donors (Lipinski definition) is 1. The summed E-state index contributed by atoms with van der Waals surface area (Å²) in [5, 5.41) is 0.708. The number of ether oxygens (including phenoxy) is 2. The minimum Gasteiger partial charge on any atom is -0.410 e. The Hall–Kier alpha value is -2.78. The minimum absolute atomic E-state index is 0.217. The number of fused-ring (bicyclic) bond motifs is 1. The normalized spacial score (nSPS) is 20.2. The summed E-state index contributed by atoms with van der Waals surface area (Å²) in [7, 11) is 1.63. The van der Waals surface area contributed by atoms with E-state index in [1.54, 1.807) is 24.1 Å². The van der Waals surface area contributed by atoms with Gasteiger partial charge in [-0.15, -0.1) is 0 Å². The molecular weight excluding hydrogens is 392 g/mol. The summed E-state index contributed by atoms with van der Waals surface area (Å²) in [6.45, 7) is 0.591. The fraction of sp³-hybridized carbons (Fsp3) is 0.400. The van der Waals surface area contributed by atoms with Gasteiger partial charge in [0.2, 0.25) is 0 Å². The molecule has 5 rings (SSSR count). The van der Waals surface area contributed by atoms with Crippen LogP contribution in [-0.2, 0) is 10.3 Å². The number of para-hydroxylation sites is 1. The molecule has 3 heterocycles. The lowest BCUT2D eigenvalue weighted by Crippen LogP contribution is -2.33. The maximum Gasteiger partial charge on any atom is 0.415 e. The van der Waals surface area contributed by atoms with Gasteiger partial charge in [-0.3, -0.25) is 9.69 Å². The molecule has 1 N–H and O–H groups in total. The number of aromatic nitrogens is 3. The van der Waals surface area contributed by atoms with Crippen molar-refractivity contribution < 1.29 is 14.3 Å². The molecule has 2 fully saturated rings. The number of carbonyl (C=O) groups excluding carboxylic acids is 1. The van der Waals surface area contributed by atoms with E-state index in [1.165, 1.54) is 11.3 Å². The second kappa shape index (κ2) is 6.93. The molecule has 1 aliphatic carbocycles. The van der Waals surface area contributed by atoms with Gasteiger partial charge in [0.05, 0.1) is 6.04 Å². The lowest BCUT2D eigenvalue weighted by molar-refractivity contribution is 0.0712. The highest BCUT2D eigenvalue weighted by Gasteiger charge is 2.47. The van der Waals surface area contributed by atoms with Gasteiger partial charge in [-0.25, -0.2) is 14.8 Å². The predicted octanol–water partition coefficient (Wildman–Crippen LogP) is 3.35. The minimum atomic E-state index is -0.476. The van der Waals surface area contributed by atoms with E-state index in [9.17, 15) is 9.59 Å². The summed E-state index contributed by atoms with van der Waals surface area (Å²) in [5.41, 5.74) is -0.438. The highest BCUT2D eigenvalue weighted by molar-refractivity contribution is 7.18. The topological polar surface area (TPSA) is 97.4 Å². The average molecular weight is 412 g/mol. The van der Waals surface area contributed by atoms with Gasteiger partial charge in [0.25, 0.3) is 5.56 Å². The van der Waals surface area contributed by atoms with Gasteiger partial charge in [-0.1, -0.05) is 29.5 Å². The van der Waals surface area contributed by atoms with Crippen molar-refractivity contribution in [2.24, 2.45) is 0 Å². The molecule has 1 saturated heterocycles. The second-order valence-corrected chi connectivity index (χ2v) is 8.36. The molecule has 29 heavy (non-hydrogen) atoms. The van der Waals surface area contributed by atoms with Crippen LogP contribution in [0.2, 0.25) is 0 Å². The quantitative estimate of drug-likeness (QED) is 0.706. The Morgan fingerprint density at radius 2 is 2.07 bits per heavy atom. The SMILES string of the molecule is COC1(c2nc3sc([C@H]4CCCN4C(=O)Oc4ccccc4)nc3c(=O)[nH]2)CC1. The van der Waals surface area contributed by atoms with Crippen molar-refractivity contribution in [2.75, 3.05) is 13.7 Å². The van der Waals surface area contributed by atoms with Crippen molar-refractivity contribution >= 4 is 27.8 Å². The van der Waals surface area contributed by atoms with Crippen molar-refractivity contribution in [3.8, 4) is 5.75 Å². The number of nitrogens with one attached hydrogen (secondary N) is 1. The Morgan fingerprint density at radius 1 is 1.28 bits per heavy atom. The number of benzene rings is 1. The summed E-state index contributed by atoms with van der Waals surface area (Å²) in [4.78, 5) is 39.5. The number of aromatic amines is 1. The zero-order chi connectivity index (χ0) is 20.0. The first-order valence-corrected chi connectivity index (χ1v) is 10.4. The van der Waals surface area contributed by atoms with Crippen LogP contribution in [0.5, 0.6) is 5.75 Å². The number of amides is 1. The fourth-order valence-corrected chi connectivity index (χ4v) is 4.84. The first kappa shape index (κ1) is 18.3. The fourth-order valence-electron chi connectivity index (χ4n) is 3.75. The van der Waals surface area contributed by atoms with Gasteiger partial charge in [0, 0.05) is 13.7 Å². The zero-order valence-corrected chi connectivity index (χ0v) is 16.7. The molecule has 1 atom stereocenters. The Labute approximate surface area is 170 Å². The summed E-state index contributed by atoms with van der Waals surface area (Å²) < 4.78 is 11.0. The van der Waals surface area contributed by atoms with Crippen LogP contribution in [0.1, 0.15) is 42.6 Å². The van der Waals surface area contributed by atoms with Crippen molar-refractivity contribution in [1.29, 1.82) is 0 Å². The van der Waals surface area contributed by atoms with Crippen LogP contribution in [0.3, 0.4) is 0 Å². The number of carbonyl (C=O) groups is 1. The highest BCUT2D eigenvalue weighted by atomic mass is 32.1. The standard InChI is InChI=1S/C20H20N4O4S/c1-27-20(9-10-20)18-22-15(25)14-17(23-18)29-16(21-14)13-8-5-11-24(13)19(26)28-12-6-3-2-4-7-12/h2-4,6-7,13H,5,8-11H2,1H3,(H,22,23,25)/t13-/m1/s1. The second-order valence-electron chi connectivity index (χ2n) is 7.35. The molecule has 9 heteroatoms. The molecule has 0 bridgehead atoms. The molecule has 1 aliphatic heterocycles. The van der Waals surface area contributed by atoms with E-state index in [2.05, 4.69) is 15.0 Å². The number of likely N-dealkylation sites (tertiary alicyclic amines) is 1. The van der Waals surface area contributed by atoms with Crippen LogP contribution >= 0.6 is 11.3 Å². The van der Waals surface area contributed by atoms with Crippen molar-refractivity contribution in [1.82, 2.24) is 19.9 Å². The molecule has 1 saturated carbocycles. The molecule has 150 valence electrons. The zero-order valence-electron chi connectivity index (χ0n) is 15.9. The Bertz CT molecular complexity index is 1120. The third-order valence-electron chi connectivity index (χ3n) is 5.53. The van der Waals surface area contributed by atoms with E-state index in [4.69, 9.17) is 9.47 Å². The summed E-state index contributed by atoms with van der Waals surface area (Å²) in [6.07, 6.45) is 2.90. The van der Waals surface area contributed by atoms with Gasteiger partial charge in [-0.05, 0) is 37.8 Å². The number of thiazole rings is 1. The van der Waals surface area contributed by atoms with Crippen molar-refractivity contribution in [3.63, 3.8) is 0 Å². The lowest BCUT2D eigenvalue weighted by atomic mass is 10.2. The number of rotatable bonds is 4. The van der Waals surface area contributed by atoms with Gasteiger partial charge in [-0.2, -0.15) is 0 Å². The van der Waals surface area contributed by atoms with E-state index in [-0.39, 0.29) is 11.6 Å². The smallest absolute Gasteiger partial charge is 0.410 e. The van der Waals surface area contributed by atoms with Crippen molar-refractivity contribution in [3.05, 3.63) is 51.5 Å². The Kier molecular flexibility index (Phi) is 4.36. The van der Waals surface area contributed by atoms with Crippen LogP contribution in [-0.4, -0.2) is 39.6 Å². The molecular formula is C20H20N4O4S. The molecule has 1 amide bonds. The summed E-state index contributed by atoms with van der Waals surface area (Å²) in [5.74, 6) is 1.06. The highest BCUT2D eigenvalue weighted by Crippen LogP contribution is 2.47. The van der Waals surface area contributed by atoms with E-state index in [0.717, 1.165) is 25.7 Å². The molecule has 2 aromatic heterocycles. The number of H-pyrrole nitrogens is 1. The van der Waals surface area contributed by atoms with Gasteiger partial charge < -0.3 is 14.5 Å². The molecule has 8 nitrogen and oxygen atoms in total. The predicted molar refractivity (Wildman–Crippen MR) is 107 cm³/mol. The Morgan fingerprint density at radius 3 is 2.79 bits per heavy atom. The van der Waals surface area contributed by atoms with Crippen LogP contribution in [0.4, 0.5) is 4.79 Å². The van der Waals surface area contributed by atoms with Gasteiger partial charge >= 0.3 is 6.09 Å². The third-order valence-corrected chi connectivity index (χ3v) is 6.58. The van der Waals surface area contributed by atoms with Crippen LogP contribution < -0.4 is 10.3 Å². The summed E-state index contributed by atoms with van der Waals surface area (Å²) >= 11 is 1.36.